The van der Waals surface area contributed by atoms with Gasteiger partial charge in [-0.2, -0.15) is 0 Å². The van der Waals surface area contributed by atoms with Crippen LogP contribution in [0, 0.1) is 0 Å². The number of benzene rings is 1. The summed E-state index contributed by atoms with van der Waals surface area (Å²) in [4.78, 5) is 10.7. The maximum absolute atomic E-state index is 11.8. The number of rotatable bonds is 7. The number of thiocarbonyl (C=S) groups is 1. The summed E-state index contributed by atoms with van der Waals surface area (Å²) in [7, 11) is -3.56. The molecule has 0 saturated carbocycles. The second-order valence-corrected chi connectivity index (χ2v) is 6.14. The molecule has 0 aromatic heterocycles. The summed E-state index contributed by atoms with van der Waals surface area (Å²) >= 11 is 4.86. The summed E-state index contributed by atoms with van der Waals surface area (Å²) in [5.41, 5.74) is 11.5. The normalized spacial score (nSPS) is 11.2. The average Bonchev–Trinajstić information content (AvgIpc) is 2.27. The van der Waals surface area contributed by atoms with Gasteiger partial charge in [-0.25, -0.2) is 13.1 Å². The van der Waals surface area contributed by atoms with Crippen molar-refractivity contribution in [1.82, 2.24) is 4.72 Å². The molecular weight excluding hydrogens is 286 g/mol. The van der Waals surface area contributed by atoms with Gasteiger partial charge in [0.25, 0.3) is 0 Å². The minimum absolute atomic E-state index is 0.0209. The van der Waals surface area contributed by atoms with Crippen LogP contribution in [-0.4, -0.2) is 25.9 Å². The zero-order valence-electron chi connectivity index (χ0n) is 10.1. The Labute approximate surface area is 117 Å². The number of primary amides is 1. The van der Waals surface area contributed by atoms with Crippen LogP contribution in [0.5, 0.6) is 0 Å². The lowest BCUT2D eigenvalue weighted by Gasteiger charge is -2.09. The lowest BCUT2D eigenvalue weighted by atomic mass is 10.1. The summed E-state index contributed by atoms with van der Waals surface area (Å²) in [5.74, 6) is -0.814. The van der Waals surface area contributed by atoms with Crippen molar-refractivity contribution >= 4 is 33.1 Å². The van der Waals surface area contributed by atoms with E-state index in [0.717, 1.165) is 0 Å². The van der Waals surface area contributed by atoms with Gasteiger partial charge in [-0.1, -0.05) is 36.5 Å². The van der Waals surface area contributed by atoms with E-state index in [9.17, 15) is 13.2 Å². The van der Waals surface area contributed by atoms with Crippen molar-refractivity contribution in [3.63, 3.8) is 0 Å². The lowest BCUT2D eigenvalue weighted by molar-refractivity contribution is -0.117. The standard InChI is InChI=1S/C11H15N3O3S2/c12-10(15)5-6-14-19(16,17)7-8-3-1-2-4-9(8)11(13)18/h1-4,14H,5-7H2,(H2,12,15)(H2,13,18). The smallest absolute Gasteiger partial charge is 0.218 e. The largest absolute Gasteiger partial charge is 0.389 e. The molecule has 0 atom stereocenters. The van der Waals surface area contributed by atoms with Crippen molar-refractivity contribution in [3.05, 3.63) is 35.4 Å². The molecule has 1 aromatic rings. The van der Waals surface area contributed by atoms with E-state index in [2.05, 4.69) is 4.72 Å². The van der Waals surface area contributed by atoms with Gasteiger partial charge in [0, 0.05) is 18.5 Å². The van der Waals surface area contributed by atoms with Gasteiger partial charge in [0.15, 0.2) is 0 Å². The molecule has 0 heterocycles. The van der Waals surface area contributed by atoms with E-state index >= 15 is 0 Å². The first-order chi connectivity index (χ1) is 8.82. The predicted octanol–water partition coefficient (Wildman–Crippen LogP) is -0.384. The molecule has 104 valence electrons. The lowest BCUT2D eigenvalue weighted by Crippen LogP contribution is -2.29. The molecule has 1 amide bonds. The van der Waals surface area contributed by atoms with E-state index in [0.29, 0.717) is 11.1 Å². The summed E-state index contributed by atoms with van der Waals surface area (Å²) in [6, 6.07) is 6.74. The van der Waals surface area contributed by atoms with Gasteiger partial charge in [0.2, 0.25) is 15.9 Å². The molecule has 0 radical (unpaired) electrons. The Morgan fingerprint density at radius 3 is 2.47 bits per heavy atom. The Kier molecular flexibility index (Phi) is 5.40. The van der Waals surface area contributed by atoms with Gasteiger partial charge in [-0.15, -0.1) is 0 Å². The molecule has 0 unspecified atom stereocenters. The summed E-state index contributed by atoms with van der Waals surface area (Å²) in [6.45, 7) is -0.0209. The van der Waals surface area contributed by atoms with Crippen molar-refractivity contribution in [3.8, 4) is 0 Å². The number of amides is 1. The van der Waals surface area contributed by atoms with Crippen molar-refractivity contribution in [2.24, 2.45) is 11.5 Å². The first-order valence-electron chi connectivity index (χ1n) is 5.45. The fourth-order valence-corrected chi connectivity index (χ4v) is 2.85. The third-order valence-electron chi connectivity index (χ3n) is 2.32. The third-order valence-corrected chi connectivity index (χ3v) is 3.88. The van der Waals surface area contributed by atoms with E-state index in [-0.39, 0.29) is 23.7 Å². The number of sulfonamides is 1. The van der Waals surface area contributed by atoms with E-state index in [1.165, 1.54) is 0 Å². The number of nitrogens with one attached hydrogen (secondary N) is 1. The first kappa shape index (κ1) is 15.5. The zero-order chi connectivity index (χ0) is 14.5. The zero-order valence-corrected chi connectivity index (χ0v) is 11.8. The minimum atomic E-state index is -3.56. The Morgan fingerprint density at radius 1 is 1.26 bits per heavy atom. The fourth-order valence-electron chi connectivity index (χ4n) is 1.47. The molecule has 6 nitrogen and oxygen atoms in total. The monoisotopic (exact) mass is 301 g/mol. The molecule has 0 aliphatic carbocycles. The van der Waals surface area contributed by atoms with Gasteiger partial charge < -0.3 is 11.5 Å². The molecule has 0 spiro atoms. The quantitative estimate of drug-likeness (QED) is 0.594. The minimum Gasteiger partial charge on any atom is -0.389 e. The molecule has 5 N–H and O–H groups in total. The van der Waals surface area contributed by atoms with Crippen LogP contribution in [0.3, 0.4) is 0 Å². The third kappa shape index (κ3) is 5.33. The fraction of sp³-hybridized carbons (Fsp3) is 0.273. The van der Waals surface area contributed by atoms with E-state index in [4.69, 9.17) is 23.7 Å². The highest BCUT2D eigenvalue weighted by Gasteiger charge is 2.14. The van der Waals surface area contributed by atoms with Crippen LogP contribution in [0.25, 0.3) is 0 Å². The molecule has 0 saturated heterocycles. The van der Waals surface area contributed by atoms with Gasteiger partial charge in [0.05, 0.1) is 5.75 Å². The predicted molar refractivity (Wildman–Crippen MR) is 76.8 cm³/mol. The number of hydrogen-bond acceptors (Lipinski definition) is 4. The van der Waals surface area contributed by atoms with Crippen LogP contribution >= 0.6 is 12.2 Å². The number of carbonyl (C=O) groups is 1. The number of hydrogen-bond donors (Lipinski definition) is 3. The van der Waals surface area contributed by atoms with E-state index in [1.807, 2.05) is 0 Å². The molecule has 8 heteroatoms. The topological polar surface area (TPSA) is 115 Å². The second kappa shape index (κ2) is 6.60. The van der Waals surface area contributed by atoms with Crippen molar-refractivity contribution in [2.75, 3.05) is 6.54 Å². The van der Waals surface area contributed by atoms with Gasteiger partial charge >= 0.3 is 0 Å². The Balaban J connectivity index is 2.78. The Morgan fingerprint density at radius 2 is 1.89 bits per heavy atom. The molecule has 0 aliphatic rings. The van der Waals surface area contributed by atoms with Crippen molar-refractivity contribution in [1.29, 1.82) is 0 Å². The Bertz CT molecular complexity index is 585. The van der Waals surface area contributed by atoms with Gasteiger partial charge in [0.1, 0.15) is 4.99 Å². The van der Waals surface area contributed by atoms with Crippen LogP contribution in [0.1, 0.15) is 17.5 Å². The molecule has 0 aliphatic heterocycles. The summed E-state index contributed by atoms with van der Waals surface area (Å²) < 4.78 is 25.9. The molecule has 1 rings (SSSR count). The van der Waals surface area contributed by atoms with Crippen LogP contribution in [0.4, 0.5) is 0 Å². The molecule has 19 heavy (non-hydrogen) atoms. The SMILES string of the molecule is NC(=O)CCNS(=O)(=O)Cc1ccccc1C(N)=S. The number of nitrogens with two attached hydrogens (primary N) is 2. The van der Waals surface area contributed by atoms with Crippen LogP contribution in [0.15, 0.2) is 24.3 Å². The maximum Gasteiger partial charge on any atom is 0.218 e. The average molecular weight is 301 g/mol. The Hall–Kier alpha value is -1.51. The molecular formula is C11H15N3O3S2. The second-order valence-electron chi connectivity index (χ2n) is 3.89. The summed E-state index contributed by atoms with van der Waals surface area (Å²) in [5, 5.41) is 0. The van der Waals surface area contributed by atoms with E-state index < -0.39 is 15.9 Å². The molecule has 0 fully saturated rings. The van der Waals surface area contributed by atoms with E-state index in [1.54, 1.807) is 24.3 Å². The van der Waals surface area contributed by atoms with Gasteiger partial charge in [-0.3, -0.25) is 4.79 Å². The highest BCUT2D eigenvalue weighted by atomic mass is 32.2. The van der Waals surface area contributed by atoms with Crippen LogP contribution in [0.2, 0.25) is 0 Å². The number of carbonyl (C=O) groups excluding carboxylic acids is 1. The highest BCUT2D eigenvalue weighted by Crippen LogP contribution is 2.12. The van der Waals surface area contributed by atoms with Crippen LogP contribution < -0.4 is 16.2 Å². The molecule has 1 aromatic carbocycles. The van der Waals surface area contributed by atoms with Crippen LogP contribution in [-0.2, 0) is 20.6 Å². The maximum atomic E-state index is 11.8. The van der Waals surface area contributed by atoms with Gasteiger partial charge in [-0.05, 0) is 5.56 Å². The summed E-state index contributed by atoms with van der Waals surface area (Å²) in [6.07, 6.45) is -0.0455. The molecule has 0 bridgehead atoms. The van der Waals surface area contributed by atoms with Crippen molar-refractivity contribution < 1.29 is 13.2 Å². The highest BCUT2D eigenvalue weighted by molar-refractivity contribution is 7.88. The first-order valence-corrected chi connectivity index (χ1v) is 7.51. The van der Waals surface area contributed by atoms with Crippen molar-refractivity contribution in [2.45, 2.75) is 12.2 Å².